The quantitative estimate of drug-likeness (QED) is 0.611. The van der Waals surface area contributed by atoms with E-state index in [0.29, 0.717) is 13.1 Å². The SMILES string of the molecule is C[C@H](OC(=O)c1ccc2c(c1)S(=O)(=O)c1ccccc1C2=O)C(=O)N1CCCC1. The zero-order valence-electron chi connectivity index (χ0n) is 15.8. The van der Waals surface area contributed by atoms with Crippen LogP contribution in [-0.2, 0) is 19.4 Å². The molecule has 7 nitrogen and oxygen atoms in total. The second-order valence-corrected chi connectivity index (χ2v) is 9.01. The van der Waals surface area contributed by atoms with E-state index in [1.54, 1.807) is 17.0 Å². The maximum Gasteiger partial charge on any atom is 0.338 e. The number of rotatable bonds is 3. The molecule has 2 aliphatic rings. The van der Waals surface area contributed by atoms with E-state index in [9.17, 15) is 22.8 Å². The molecule has 2 aromatic carbocycles. The van der Waals surface area contributed by atoms with Crippen LogP contribution >= 0.6 is 0 Å². The molecule has 2 aromatic rings. The van der Waals surface area contributed by atoms with Gasteiger partial charge < -0.3 is 9.64 Å². The lowest BCUT2D eigenvalue weighted by atomic mass is 10.0. The molecule has 1 amide bonds. The van der Waals surface area contributed by atoms with E-state index < -0.39 is 27.7 Å². The fraction of sp³-hybridized carbons (Fsp3) is 0.286. The molecule has 2 heterocycles. The van der Waals surface area contributed by atoms with Crippen LogP contribution in [0.4, 0.5) is 0 Å². The van der Waals surface area contributed by atoms with Gasteiger partial charge in [-0.05, 0) is 50.1 Å². The number of benzene rings is 2. The summed E-state index contributed by atoms with van der Waals surface area (Å²) in [6.07, 6.45) is 0.866. The van der Waals surface area contributed by atoms with Crippen LogP contribution in [0.15, 0.2) is 52.3 Å². The molecule has 0 N–H and O–H groups in total. The number of ketones is 1. The molecular formula is C21H19NO6S. The molecule has 0 aliphatic carbocycles. The number of esters is 1. The van der Waals surface area contributed by atoms with Gasteiger partial charge in [0, 0.05) is 24.2 Å². The third-order valence-electron chi connectivity index (χ3n) is 5.22. The van der Waals surface area contributed by atoms with Gasteiger partial charge in [-0.1, -0.05) is 12.1 Å². The van der Waals surface area contributed by atoms with Crippen molar-refractivity contribution in [3.63, 3.8) is 0 Å². The van der Waals surface area contributed by atoms with Gasteiger partial charge in [0.1, 0.15) is 0 Å². The van der Waals surface area contributed by atoms with Crippen LogP contribution in [-0.4, -0.2) is 50.2 Å². The highest BCUT2D eigenvalue weighted by Crippen LogP contribution is 2.34. The highest BCUT2D eigenvalue weighted by atomic mass is 32.2. The number of amides is 1. The summed E-state index contributed by atoms with van der Waals surface area (Å²) in [5, 5.41) is 0. The zero-order valence-corrected chi connectivity index (χ0v) is 16.6. The number of sulfone groups is 1. The molecule has 0 radical (unpaired) electrons. The predicted octanol–water partition coefficient (Wildman–Crippen LogP) is 2.23. The second kappa shape index (κ2) is 7.11. The number of likely N-dealkylation sites (tertiary alicyclic amines) is 1. The van der Waals surface area contributed by atoms with Gasteiger partial charge in [0.2, 0.25) is 9.84 Å². The van der Waals surface area contributed by atoms with E-state index in [1.165, 1.54) is 31.2 Å². The standard InChI is InChI=1S/C21H19NO6S/c1-13(20(24)22-10-4-5-11-22)28-21(25)14-8-9-16-18(12-14)29(26,27)17-7-3-2-6-15(17)19(16)23/h2-3,6-9,12-13H,4-5,10-11H2,1H3/t13-/m0/s1. The molecule has 150 valence electrons. The van der Waals surface area contributed by atoms with E-state index >= 15 is 0 Å². The lowest BCUT2D eigenvalue weighted by molar-refractivity contribution is -0.138. The van der Waals surface area contributed by atoms with Crippen molar-refractivity contribution in [3.8, 4) is 0 Å². The minimum atomic E-state index is -3.95. The Morgan fingerprint density at radius 1 is 1.00 bits per heavy atom. The van der Waals surface area contributed by atoms with Gasteiger partial charge in [-0.25, -0.2) is 13.2 Å². The first-order valence-electron chi connectivity index (χ1n) is 9.33. The Hall–Kier alpha value is -3.00. The summed E-state index contributed by atoms with van der Waals surface area (Å²) in [5.41, 5.74) is 0.0992. The molecule has 0 saturated carbocycles. The number of carbonyl (C=O) groups excluding carboxylic acids is 3. The van der Waals surface area contributed by atoms with E-state index in [1.807, 2.05) is 0 Å². The maximum atomic E-state index is 13.0. The van der Waals surface area contributed by atoms with E-state index in [0.717, 1.165) is 18.9 Å². The molecule has 0 aromatic heterocycles. The third-order valence-corrected chi connectivity index (χ3v) is 7.07. The van der Waals surface area contributed by atoms with Crippen molar-refractivity contribution in [1.82, 2.24) is 4.90 Å². The van der Waals surface area contributed by atoms with E-state index in [4.69, 9.17) is 4.74 Å². The van der Waals surface area contributed by atoms with Crippen LogP contribution in [0, 0.1) is 0 Å². The molecule has 4 rings (SSSR count). The number of ether oxygens (including phenoxy) is 1. The van der Waals surface area contributed by atoms with Crippen molar-refractivity contribution in [3.05, 3.63) is 59.2 Å². The summed E-state index contributed by atoms with van der Waals surface area (Å²) >= 11 is 0. The lowest BCUT2D eigenvalue weighted by Crippen LogP contribution is -2.38. The Bertz CT molecular complexity index is 1130. The minimum absolute atomic E-state index is 0.0152. The number of fused-ring (bicyclic) bond motifs is 2. The van der Waals surface area contributed by atoms with Gasteiger partial charge in [-0.3, -0.25) is 9.59 Å². The third kappa shape index (κ3) is 3.23. The van der Waals surface area contributed by atoms with Gasteiger partial charge in [0.25, 0.3) is 5.91 Å². The van der Waals surface area contributed by atoms with Crippen molar-refractivity contribution in [2.75, 3.05) is 13.1 Å². The predicted molar refractivity (Wildman–Crippen MR) is 102 cm³/mol. The topological polar surface area (TPSA) is 97.8 Å². The number of hydrogen-bond donors (Lipinski definition) is 0. The summed E-state index contributed by atoms with van der Waals surface area (Å²) in [6, 6.07) is 9.78. The van der Waals surface area contributed by atoms with Gasteiger partial charge >= 0.3 is 5.97 Å². The average Bonchev–Trinajstić information content (AvgIpc) is 3.26. The number of nitrogens with zero attached hydrogens (tertiary/aromatic N) is 1. The molecule has 0 bridgehead atoms. The maximum absolute atomic E-state index is 13.0. The fourth-order valence-electron chi connectivity index (χ4n) is 3.68. The highest BCUT2D eigenvalue weighted by Gasteiger charge is 2.35. The summed E-state index contributed by atoms with van der Waals surface area (Å²) < 4.78 is 31.2. The Labute approximate surface area is 168 Å². The minimum Gasteiger partial charge on any atom is -0.449 e. The van der Waals surface area contributed by atoms with Crippen molar-refractivity contribution in [2.24, 2.45) is 0 Å². The Balaban J connectivity index is 1.63. The van der Waals surface area contributed by atoms with Crippen LogP contribution in [0.3, 0.4) is 0 Å². The molecule has 1 fully saturated rings. The number of hydrogen-bond acceptors (Lipinski definition) is 6. The first-order valence-corrected chi connectivity index (χ1v) is 10.8. The first kappa shape index (κ1) is 19.3. The normalized spacial score (nSPS) is 18.0. The van der Waals surface area contributed by atoms with Crippen molar-refractivity contribution in [1.29, 1.82) is 0 Å². The molecular weight excluding hydrogens is 394 g/mol. The first-order chi connectivity index (χ1) is 13.8. The Morgan fingerprint density at radius 3 is 2.38 bits per heavy atom. The second-order valence-electron chi connectivity index (χ2n) is 7.12. The van der Waals surface area contributed by atoms with Crippen LogP contribution in [0.5, 0.6) is 0 Å². The highest BCUT2D eigenvalue weighted by molar-refractivity contribution is 7.91. The number of carbonyl (C=O) groups is 3. The monoisotopic (exact) mass is 413 g/mol. The molecule has 0 spiro atoms. The summed E-state index contributed by atoms with van der Waals surface area (Å²) in [6.45, 7) is 2.77. The molecule has 8 heteroatoms. The van der Waals surface area contributed by atoms with Crippen molar-refractivity contribution < 1.29 is 27.5 Å². The van der Waals surface area contributed by atoms with Crippen molar-refractivity contribution >= 4 is 27.5 Å². The van der Waals surface area contributed by atoms with E-state index in [-0.39, 0.29) is 32.4 Å². The van der Waals surface area contributed by atoms with Crippen molar-refractivity contribution in [2.45, 2.75) is 35.7 Å². The van der Waals surface area contributed by atoms with Crippen LogP contribution < -0.4 is 0 Å². The van der Waals surface area contributed by atoms with E-state index in [2.05, 4.69) is 0 Å². The Morgan fingerprint density at radius 2 is 1.66 bits per heavy atom. The lowest BCUT2D eigenvalue weighted by Gasteiger charge is -2.21. The Kier molecular flexibility index (Phi) is 4.74. The zero-order chi connectivity index (χ0) is 20.8. The largest absolute Gasteiger partial charge is 0.449 e. The summed E-state index contributed by atoms with van der Waals surface area (Å²) in [7, 11) is -3.95. The molecule has 1 saturated heterocycles. The average molecular weight is 413 g/mol. The fourth-order valence-corrected chi connectivity index (χ4v) is 5.36. The molecule has 2 aliphatic heterocycles. The van der Waals surface area contributed by atoms with Crippen LogP contribution in [0.25, 0.3) is 0 Å². The smallest absolute Gasteiger partial charge is 0.338 e. The van der Waals surface area contributed by atoms with Gasteiger partial charge in [-0.15, -0.1) is 0 Å². The molecule has 29 heavy (non-hydrogen) atoms. The van der Waals surface area contributed by atoms with Gasteiger partial charge in [0.05, 0.1) is 15.4 Å². The van der Waals surface area contributed by atoms with Gasteiger partial charge in [-0.2, -0.15) is 0 Å². The molecule has 1 atom stereocenters. The molecule has 0 unspecified atom stereocenters. The summed E-state index contributed by atoms with van der Waals surface area (Å²) in [5.74, 6) is -1.50. The summed E-state index contributed by atoms with van der Waals surface area (Å²) in [4.78, 5) is 38.9. The van der Waals surface area contributed by atoms with Crippen LogP contribution in [0.1, 0.15) is 46.0 Å². The van der Waals surface area contributed by atoms with Gasteiger partial charge in [0.15, 0.2) is 11.9 Å². The van der Waals surface area contributed by atoms with Crippen LogP contribution in [0.2, 0.25) is 0 Å².